The number of hydrogen-bond donors (Lipinski definition) is 2. The third kappa shape index (κ3) is 4.04. The third-order valence-corrected chi connectivity index (χ3v) is 4.83. The molecule has 7 heteroatoms. The molecular formula is C19H16Cl3N3O. The van der Waals surface area contributed by atoms with Gasteiger partial charge in [0.15, 0.2) is 0 Å². The predicted octanol–water partition coefficient (Wildman–Crippen LogP) is 6.24. The minimum Gasteiger partial charge on any atom is -0.319 e. The first-order valence-corrected chi connectivity index (χ1v) is 9.22. The van der Waals surface area contributed by atoms with E-state index in [0.717, 1.165) is 24.1 Å². The predicted molar refractivity (Wildman–Crippen MR) is 107 cm³/mol. The van der Waals surface area contributed by atoms with Crippen molar-refractivity contribution in [3.05, 3.63) is 68.8 Å². The van der Waals surface area contributed by atoms with E-state index in [1.807, 2.05) is 18.2 Å². The van der Waals surface area contributed by atoms with Crippen LogP contribution in [0.3, 0.4) is 0 Å². The summed E-state index contributed by atoms with van der Waals surface area (Å²) in [4.78, 5) is 12.7. The average molecular weight is 409 g/mol. The third-order valence-electron chi connectivity index (χ3n) is 3.86. The van der Waals surface area contributed by atoms with Crippen molar-refractivity contribution >= 4 is 46.4 Å². The number of H-pyrrole nitrogens is 1. The molecule has 1 aromatic heterocycles. The number of aromatic nitrogens is 2. The van der Waals surface area contributed by atoms with Crippen LogP contribution in [0.5, 0.6) is 0 Å². The van der Waals surface area contributed by atoms with Gasteiger partial charge in [0, 0.05) is 16.1 Å². The Morgan fingerprint density at radius 3 is 2.62 bits per heavy atom. The minimum atomic E-state index is -0.286. The van der Waals surface area contributed by atoms with Crippen molar-refractivity contribution in [2.75, 3.05) is 5.32 Å². The number of rotatable bonds is 5. The summed E-state index contributed by atoms with van der Waals surface area (Å²) in [5.74, 6) is -0.286. The van der Waals surface area contributed by atoms with Gasteiger partial charge in [-0.25, -0.2) is 0 Å². The molecule has 0 aliphatic carbocycles. The molecule has 3 rings (SSSR count). The number of anilines is 1. The molecule has 0 saturated carbocycles. The van der Waals surface area contributed by atoms with Gasteiger partial charge >= 0.3 is 0 Å². The molecule has 2 N–H and O–H groups in total. The van der Waals surface area contributed by atoms with Crippen molar-refractivity contribution in [2.24, 2.45) is 0 Å². The molecule has 0 aliphatic rings. The Morgan fingerprint density at radius 2 is 1.92 bits per heavy atom. The maximum atomic E-state index is 12.7. The summed E-state index contributed by atoms with van der Waals surface area (Å²) in [5, 5.41) is 11.7. The minimum absolute atomic E-state index is 0.286. The topological polar surface area (TPSA) is 57.8 Å². The lowest BCUT2D eigenvalue weighted by atomic mass is 10.1. The number of halogens is 3. The summed E-state index contributed by atoms with van der Waals surface area (Å²) < 4.78 is 0. The van der Waals surface area contributed by atoms with Crippen molar-refractivity contribution in [1.82, 2.24) is 10.2 Å². The molecule has 0 atom stereocenters. The van der Waals surface area contributed by atoms with E-state index < -0.39 is 0 Å². The lowest BCUT2D eigenvalue weighted by molar-refractivity contribution is 0.102. The van der Waals surface area contributed by atoms with Crippen molar-refractivity contribution < 1.29 is 4.79 Å². The molecule has 26 heavy (non-hydrogen) atoms. The number of nitrogens with one attached hydrogen (secondary N) is 2. The van der Waals surface area contributed by atoms with Crippen LogP contribution >= 0.6 is 34.8 Å². The SMILES string of the molecule is CCCc1[nH]nc(-c2cccc(Cl)c2)c1NC(=O)c1ccc(Cl)c(Cl)c1. The Balaban J connectivity index is 1.98. The van der Waals surface area contributed by atoms with Gasteiger partial charge in [0.2, 0.25) is 0 Å². The highest BCUT2D eigenvalue weighted by Crippen LogP contribution is 2.32. The molecule has 0 bridgehead atoms. The number of aryl methyl sites for hydroxylation is 1. The zero-order chi connectivity index (χ0) is 18.7. The molecule has 0 unspecified atom stereocenters. The van der Waals surface area contributed by atoms with Crippen LogP contribution in [-0.4, -0.2) is 16.1 Å². The highest BCUT2D eigenvalue weighted by molar-refractivity contribution is 6.42. The Labute approximate surface area is 166 Å². The zero-order valence-corrected chi connectivity index (χ0v) is 16.2. The van der Waals surface area contributed by atoms with E-state index in [1.54, 1.807) is 18.2 Å². The first-order chi connectivity index (χ1) is 12.5. The van der Waals surface area contributed by atoms with E-state index >= 15 is 0 Å². The van der Waals surface area contributed by atoms with Crippen LogP contribution in [0, 0.1) is 0 Å². The Hall–Kier alpha value is -2.01. The molecule has 0 fully saturated rings. The summed E-state index contributed by atoms with van der Waals surface area (Å²) in [5.41, 5.74) is 3.38. The van der Waals surface area contributed by atoms with Gasteiger partial charge in [-0.3, -0.25) is 9.89 Å². The molecule has 0 spiro atoms. The molecule has 0 aliphatic heterocycles. The second kappa shape index (κ2) is 8.12. The van der Waals surface area contributed by atoms with Gasteiger partial charge in [-0.2, -0.15) is 5.10 Å². The fourth-order valence-electron chi connectivity index (χ4n) is 2.61. The molecule has 1 heterocycles. The van der Waals surface area contributed by atoms with Crippen LogP contribution in [0.25, 0.3) is 11.3 Å². The van der Waals surface area contributed by atoms with E-state index in [2.05, 4.69) is 22.4 Å². The normalized spacial score (nSPS) is 10.8. The molecule has 0 radical (unpaired) electrons. The Morgan fingerprint density at radius 1 is 1.12 bits per heavy atom. The lowest BCUT2D eigenvalue weighted by Gasteiger charge is -2.09. The van der Waals surface area contributed by atoms with Crippen molar-refractivity contribution in [2.45, 2.75) is 19.8 Å². The van der Waals surface area contributed by atoms with Crippen LogP contribution in [0.1, 0.15) is 29.4 Å². The number of aromatic amines is 1. The van der Waals surface area contributed by atoms with Gasteiger partial charge < -0.3 is 5.32 Å². The van der Waals surface area contributed by atoms with Gasteiger partial charge in [0.25, 0.3) is 5.91 Å². The smallest absolute Gasteiger partial charge is 0.255 e. The molecule has 1 amide bonds. The van der Waals surface area contributed by atoms with Gasteiger partial charge in [0.1, 0.15) is 5.69 Å². The number of carbonyl (C=O) groups excluding carboxylic acids is 1. The van der Waals surface area contributed by atoms with Crippen molar-refractivity contribution in [3.63, 3.8) is 0 Å². The molecular weight excluding hydrogens is 393 g/mol. The van der Waals surface area contributed by atoms with E-state index in [9.17, 15) is 4.79 Å². The maximum absolute atomic E-state index is 12.7. The first kappa shape index (κ1) is 18.8. The monoisotopic (exact) mass is 407 g/mol. The standard InChI is InChI=1S/C19H16Cl3N3O/c1-2-4-16-18(17(25-24-16)11-5-3-6-13(20)9-11)23-19(26)12-7-8-14(21)15(22)10-12/h3,5-10H,2,4H2,1H3,(H,23,26)(H,24,25). The lowest BCUT2D eigenvalue weighted by Crippen LogP contribution is -2.13. The first-order valence-electron chi connectivity index (χ1n) is 8.09. The fourth-order valence-corrected chi connectivity index (χ4v) is 3.10. The van der Waals surface area contributed by atoms with Crippen molar-refractivity contribution in [3.8, 4) is 11.3 Å². The van der Waals surface area contributed by atoms with Crippen LogP contribution < -0.4 is 5.32 Å². The van der Waals surface area contributed by atoms with E-state index in [-0.39, 0.29) is 5.91 Å². The Bertz CT molecular complexity index is 953. The van der Waals surface area contributed by atoms with Crippen LogP contribution in [-0.2, 0) is 6.42 Å². The van der Waals surface area contributed by atoms with E-state index in [4.69, 9.17) is 34.8 Å². The number of carbonyl (C=O) groups is 1. The molecule has 3 aromatic rings. The second-order valence-corrected chi connectivity index (χ2v) is 7.02. The van der Waals surface area contributed by atoms with Crippen molar-refractivity contribution in [1.29, 1.82) is 0 Å². The van der Waals surface area contributed by atoms with Gasteiger partial charge in [0.05, 0.1) is 21.4 Å². The van der Waals surface area contributed by atoms with Crippen LogP contribution in [0.4, 0.5) is 5.69 Å². The summed E-state index contributed by atoms with van der Waals surface area (Å²) in [6.07, 6.45) is 1.66. The summed E-state index contributed by atoms with van der Waals surface area (Å²) >= 11 is 18.0. The molecule has 2 aromatic carbocycles. The number of amides is 1. The van der Waals surface area contributed by atoms with E-state index in [0.29, 0.717) is 32.0 Å². The Kier molecular flexibility index (Phi) is 5.87. The van der Waals surface area contributed by atoms with Crippen LogP contribution in [0.2, 0.25) is 15.1 Å². The van der Waals surface area contributed by atoms with Crippen LogP contribution in [0.15, 0.2) is 42.5 Å². The second-order valence-electron chi connectivity index (χ2n) is 5.77. The fraction of sp³-hybridized carbons (Fsp3) is 0.158. The number of nitrogens with zero attached hydrogens (tertiary/aromatic N) is 1. The molecule has 134 valence electrons. The maximum Gasteiger partial charge on any atom is 0.255 e. The van der Waals surface area contributed by atoms with Gasteiger partial charge in [-0.05, 0) is 36.8 Å². The largest absolute Gasteiger partial charge is 0.319 e. The highest BCUT2D eigenvalue weighted by Gasteiger charge is 2.18. The zero-order valence-electron chi connectivity index (χ0n) is 13.9. The highest BCUT2D eigenvalue weighted by atomic mass is 35.5. The van der Waals surface area contributed by atoms with Gasteiger partial charge in [-0.1, -0.05) is 60.3 Å². The summed E-state index contributed by atoms with van der Waals surface area (Å²) in [7, 11) is 0. The van der Waals surface area contributed by atoms with Gasteiger partial charge in [-0.15, -0.1) is 0 Å². The summed E-state index contributed by atoms with van der Waals surface area (Å²) in [6, 6.07) is 12.1. The molecule has 0 saturated heterocycles. The summed E-state index contributed by atoms with van der Waals surface area (Å²) in [6.45, 7) is 2.06. The van der Waals surface area contributed by atoms with E-state index in [1.165, 1.54) is 6.07 Å². The number of hydrogen-bond acceptors (Lipinski definition) is 2. The average Bonchev–Trinajstić information content (AvgIpc) is 3.00. The number of benzene rings is 2. The molecule has 4 nitrogen and oxygen atoms in total. The quantitative estimate of drug-likeness (QED) is 0.525.